The van der Waals surface area contributed by atoms with E-state index >= 15 is 0 Å². The summed E-state index contributed by atoms with van der Waals surface area (Å²) in [6.07, 6.45) is 0. The average molecular weight is 285 g/mol. The van der Waals surface area contributed by atoms with Gasteiger partial charge in [-0.1, -0.05) is 24.3 Å². The van der Waals surface area contributed by atoms with E-state index in [9.17, 15) is 4.79 Å². The molecule has 0 bridgehead atoms. The summed E-state index contributed by atoms with van der Waals surface area (Å²) in [7, 11) is 3.49. The fourth-order valence-electron chi connectivity index (χ4n) is 1.99. The number of nitrogens with zero attached hydrogens (tertiary/aromatic N) is 3. The van der Waals surface area contributed by atoms with Crippen molar-refractivity contribution in [1.82, 2.24) is 15.5 Å². The molecule has 0 aliphatic heterocycles. The molecule has 1 amide bonds. The standard InChI is InChI=1S/C15H19N5O/c1-17-15(21)13-6-7-14(19-18-13)20(2)10-12-5-3-4-11(8-12)9-16/h3-8H,9-10,16H2,1-2H3,(H,17,21). The summed E-state index contributed by atoms with van der Waals surface area (Å²) in [5.41, 5.74) is 8.20. The molecule has 0 saturated carbocycles. The van der Waals surface area contributed by atoms with E-state index in [-0.39, 0.29) is 5.91 Å². The maximum Gasteiger partial charge on any atom is 0.271 e. The van der Waals surface area contributed by atoms with E-state index in [1.165, 1.54) is 0 Å². The molecule has 6 nitrogen and oxygen atoms in total. The van der Waals surface area contributed by atoms with Gasteiger partial charge < -0.3 is 16.0 Å². The number of nitrogens with one attached hydrogen (secondary N) is 1. The number of benzene rings is 1. The topological polar surface area (TPSA) is 84.1 Å². The van der Waals surface area contributed by atoms with Gasteiger partial charge >= 0.3 is 0 Å². The van der Waals surface area contributed by atoms with Gasteiger partial charge in [-0.25, -0.2) is 0 Å². The van der Waals surface area contributed by atoms with Crippen molar-refractivity contribution in [3.63, 3.8) is 0 Å². The molecule has 6 heteroatoms. The highest BCUT2D eigenvalue weighted by Crippen LogP contribution is 2.13. The summed E-state index contributed by atoms with van der Waals surface area (Å²) in [6.45, 7) is 1.22. The fraction of sp³-hybridized carbons (Fsp3) is 0.267. The second-order valence-corrected chi connectivity index (χ2v) is 4.74. The minimum absolute atomic E-state index is 0.243. The van der Waals surface area contributed by atoms with Crippen molar-refractivity contribution in [1.29, 1.82) is 0 Å². The van der Waals surface area contributed by atoms with Gasteiger partial charge in [-0.15, -0.1) is 10.2 Å². The molecule has 0 radical (unpaired) electrons. The van der Waals surface area contributed by atoms with Crippen molar-refractivity contribution in [2.24, 2.45) is 5.73 Å². The van der Waals surface area contributed by atoms with Gasteiger partial charge in [-0.05, 0) is 23.3 Å². The van der Waals surface area contributed by atoms with Crippen LogP contribution in [0.2, 0.25) is 0 Å². The van der Waals surface area contributed by atoms with E-state index in [2.05, 4.69) is 21.6 Å². The summed E-state index contributed by atoms with van der Waals surface area (Å²) >= 11 is 0. The maximum absolute atomic E-state index is 11.4. The Kier molecular flexibility index (Phi) is 4.84. The van der Waals surface area contributed by atoms with Gasteiger partial charge in [0.25, 0.3) is 5.91 Å². The molecular weight excluding hydrogens is 266 g/mol. The third kappa shape index (κ3) is 3.76. The van der Waals surface area contributed by atoms with Crippen molar-refractivity contribution in [2.45, 2.75) is 13.1 Å². The lowest BCUT2D eigenvalue weighted by Gasteiger charge is -2.18. The predicted octanol–water partition coefficient (Wildman–Crippen LogP) is 0.931. The zero-order chi connectivity index (χ0) is 15.2. The number of rotatable bonds is 5. The minimum Gasteiger partial charge on any atom is -0.354 e. The van der Waals surface area contributed by atoms with Crippen LogP contribution in [0.1, 0.15) is 21.6 Å². The van der Waals surface area contributed by atoms with Crippen LogP contribution in [0.5, 0.6) is 0 Å². The van der Waals surface area contributed by atoms with E-state index < -0.39 is 0 Å². The normalized spacial score (nSPS) is 10.2. The Morgan fingerprint density at radius 3 is 2.62 bits per heavy atom. The minimum atomic E-state index is -0.243. The van der Waals surface area contributed by atoms with Gasteiger partial charge in [0, 0.05) is 27.2 Å². The van der Waals surface area contributed by atoms with Gasteiger partial charge in [-0.2, -0.15) is 0 Å². The predicted molar refractivity (Wildman–Crippen MR) is 81.9 cm³/mol. The Morgan fingerprint density at radius 1 is 1.24 bits per heavy atom. The molecule has 0 aliphatic carbocycles. The highest BCUT2D eigenvalue weighted by Gasteiger charge is 2.08. The lowest BCUT2D eigenvalue weighted by Crippen LogP contribution is -2.22. The Bertz CT molecular complexity index is 612. The number of hydrogen-bond donors (Lipinski definition) is 2. The monoisotopic (exact) mass is 285 g/mol. The maximum atomic E-state index is 11.4. The van der Waals surface area contributed by atoms with Gasteiger partial charge in [0.05, 0.1) is 0 Å². The van der Waals surface area contributed by atoms with E-state index in [1.54, 1.807) is 19.2 Å². The van der Waals surface area contributed by atoms with Crippen LogP contribution >= 0.6 is 0 Å². The molecule has 0 spiro atoms. The van der Waals surface area contributed by atoms with E-state index in [0.29, 0.717) is 24.6 Å². The molecule has 0 atom stereocenters. The van der Waals surface area contributed by atoms with Crippen LogP contribution in [0.3, 0.4) is 0 Å². The van der Waals surface area contributed by atoms with Gasteiger partial charge in [0.15, 0.2) is 11.5 Å². The lowest BCUT2D eigenvalue weighted by molar-refractivity contribution is 0.0957. The molecule has 110 valence electrons. The zero-order valence-corrected chi connectivity index (χ0v) is 12.2. The largest absolute Gasteiger partial charge is 0.354 e. The number of amides is 1. The fourth-order valence-corrected chi connectivity index (χ4v) is 1.99. The first kappa shape index (κ1) is 14.9. The molecule has 0 unspecified atom stereocenters. The summed E-state index contributed by atoms with van der Waals surface area (Å²) in [5.74, 6) is 0.466. The van der Waals surface area contributed by atoms with Crippen molar-refractivity contribution in [3.05, 3.63) is 53.2 Å². The van der Waals surface area contributed by atoms with Crippen molar-refractivity contribution in [3.8, 4) is 0 Å². The molecule has 2 rings (SSSR count). The Balaban J connectivity index is 2.09. The molecule has 1 aromatic carbocycles. The summed E-state index contributed by atoms with van der Waals surface area (Å²) in [4.78, 5) is 13.4. The molecule has 21 heavy (non-hydrogen) atoms. The van der Waals surface area contributed by atoms with Gasteiger partial charge in [-0.3, -0.25) is 4.79 Å². The summed E-state index contributed by atoms with van der Waals surface area (Å²) in [6, 6.07) is 11.6. The Morgan fingerprint density at radius 2 is 2.00 bits per heavy atom. The molecule has 0 saturated heterocycles. The highest BCUT2D eigenvalue weighted by molar-refractivity contribution is 5.91. The molecule has 0 fully saturated rings. The molecular formula is C15H19N5O. The second-order valence-electron chi connectivity index (χ2n) is 4.74. The first-order chi connectivity index (χ1) is 10.1. The number of aromatic nitrogens is 2. The van der Waals surface area contributed by atoms with E-state index in [4.69, 9.17) is 5.73 Å². The Hall–Kier alpha value is -2.47. The average Bonchev–Trinajstić information content (AvgIpc) is 2.54. The first-order valence-electron chi connectivity index (χ1n) is 6.69. The number of carbonyl (C=O) groups excluding carboxylic acids is 1. The van der Waals surface area contributed by atoms with Crippen molar-refractivity contribution >= 4 is 11.7 Å². The van der Waals surface area contributed by atoms with Crippen LogP contribution in [0.15, 0.2) is 36.4 Å². The van der Waals surface area contributed by atoms with E-state index in [0.717, 1.165) is 11.1 Å². The molecule has 3 N–H and O–H groups in total. The number of carbonyl (C=O) groups is 1. The van der Waals surface area contributed by atoms with E-state index in [1.807, 2.05) is 30.1 Å². The van der Waals surface area contributed by atoms with Crippen molar-refractivity contribution in [2.75, 3.05) is 19.0 Å². The van der Waals surface area contributed by atoms with Crippen molar-refractivity contribution < 1.29 is 4.79 Å². The van der Waals surface area contributed by atoms with Crippen LogP contribution in [-0.4, -0.2) is 30.2 Å². The van der Waals surface area contributed by atoms with Crippen LogP contribution in [0.25, 0.3) is 0 Å². The number of anilines is 1. The number of nitrogens with two attached hydrogens (primary N) is 1. The second kappa shape index (κ2) is 6.81. The lowest BCUT2D eigenvalue weighted by atomic mass is 10.1. The highest BCUT2D eigenvalue weighted by atomic mass is 16.1. The van der Waals surface area contributed by atoms with Crippen LogP contribution < -0.4 is 16.0 Å². The summed E-state index contributed by atoms with van der Waals surface area (Å²) < 4.78 is 0. The quantitative estimate of drug-likeness (QED) is 0.854. The SMILES string of the molecule is CNC(=O)c1ccc(N(C)Cc2cccc(CN)c2)nn1. The van der Waals surface area contributed by atoms with Crippen LogP contribution in [0.4, 0.5) is 5.82 Å². The van der Waals surface area contributed by atoms with Crippen LogP contribution in [0, 0.1) is 0 Å². The molecule has 1 aromatic heterocycles. The third-order valence-electron chi connectivity index (χ3n) is 3.15. The third-order valence-corrected chi connectivity index (χ3v) is 3.15. The zero-order valence-electron chi connectivity index (χ0n) is 12.2. The van der Waals surface area contributed by atoms with Gasteiger partial charge in [0.1, 0.15) is 0 Å². The molecule has 1 heterocycles. The first-order valence-corrected chi connectivity index (χ1v) is 6.69. The van der Waals surface area contributed by atoms with Gasteiger partial charge in [0.2, 0.25) is 0 Å². The number of hydrogen-bond acceptors (Lipinski definition) is 5. The summed E-state index contributed by atoms with van der Waals surface area (Å²) in [5, 5.41) is 10.5. The van der Waals surface area contributed by atoms with Crippen LogP contribution in [-0.2, 0) is 13.1 Å². The molecule has 0 aliphatic rings. The smallest absolute Gasteiger partial charge is 0.271 e. The molecule has 2 aromatic rings. The Labute approximate surface area is 124 Å².